The predicted molar refractivity (Wildman–Crippen MR) is 61.7 cm³/mol. The van der Waals surface area contributed by atoms with E-state index in [0.717, 1.165) is 12.8 Å². The average molecular weight is 214 g/mol. The van der Waals surface area contributed by atoms with Gasteiger partial charge in [-0.05, 0) is 25.7 Å². The van der Waals surface area contributed by atoms with Gasteiger partial charge in [0, 0.05) is 0 Å². The molecule has 0 aliphatic carbocycles. The van der Waals surface area contributed by atoms with Crippen molar-refractivity contribution in [1.29, 1.82) is 0 Å². The Morgan fingerprint density at radius 1 is 0.933 bits per heavy atom. The van der Waals surface area contributed by atoms with Crippen LogP contribution in [-0.2, 0) is 4.74 Å². The van der Waals surface area contributed by atoms with Gasteiger partial charge in [0.1, 0.15) is 0 Å². The van der Waals surface area contributed by atoms with Gasteiger partial charge in [0.15, 0.2) is 0 Å². The molecule has 2 atom stereocenters. The molecule has 0 aromatic rings. The van der Waals surface area contributed by atoms with Crippen LogP contribution in [0.3, 0.4) is 0 Å². The van der Waals surface area contributed by atoms with E-state index in [-0.39, 0.29) is 13.2 Å². The van der Waals surface area contributed by atoms with Crippen LogP contribution in [0, 0.1) is 0 Å². The summed E-state index contributed by atoms with van der Waals surface area (Å²) in [6.45, 7) is 7.70. The second-order valence-corrected chi connectivity index (χ2v) is 3.58. The Labute approximate surface area is 92.1 Å². The largest absolute Gasteiger partial charge is 0.391 e. The van der Waals surface area contributed by atoms with Gasteiger partial charge in [-0.25, -0.2) is 0 Å². The Morgan fingerprint density at radius 3 is 1.67 bits per heavy atom. The van der Waals surface area contributed by atoms with Gasteiger partial charge in [-0.2, -0.15) is 0 Å². The zero-order chi connectivity index (χ0) is 11.5. The fourth-order valence-corrected chi connectivity index (χ4v) is 1.13. The summed E-state index contributed by atoms with van der Waals surface area (Å²) < 4.78 is 5.18. The summed E-state index contributed by atoms with van der Waals surface area (Å²) in [4.78, 5) is 0. The van der Waals surface area contributed by atoms with Crippen LogP contribution < -0.4 is 0 Å². The lowest BCUT2D eigenvalue weighted by atomic mass is 10.2. The molecule has 0 fully saturated rings. The van der Waals surface area contributed by atoms with Gasteiger partial charge in [-0.15, -0.1) is 13.2 Å². The van der Waals surface area contributed by atoms with Gasteiger partial charge in [0.2, 0.25) is 0 Å². The highest BCUT2D eigenvalue weighted by Crippen LogP contribution is 2.01. The van der Waals surface area contributed by atoms with Crippen LogP contribution in [-0.4, -0.2) is 35.6 Å². The van der Waals surface area contributed by atoms with Crippen molar-refractivity contribution in [3.8, 4) is 0 Å². The monoisotopic (exact) mass is 214 g/mol. The van der Waals surface area contributed by atoms with Gasteiger partial charge in [0.05, 0.1) is 25.4 Å². The Hall–Kier alpha value is -0.640. The minimum Gasteiger partial charge on any atom is -0.391 e. The Balaban J connectivity index is 3.34. The minimum absolute atomic E-state index is 0.277. The summed E-state index contributed by atoms with van der Waals surface area (Å²) in [6, 6.07) is 0. The van der Waals surface area contributed by atoms with Crippen molar-refractivity contribution in [2.75, 3.05) is 13.2 Å². The molecule has 0 rings (SSSR count). The number of ether oxygens (including phenoxy) is 1. The Kier molecular flexibility index (Phi) is 9.48. The van der Waals surface area contributed by atoms with E-state index >= 15 is 0 Å². The van der Waals surface area contributed by atoms with E-state index in [9.17, 15) is 10.2 Å². The van der Waals surface area contributed by atoms with Crippen molar-refractivity contribution < 1.29 is 14.9 Å². The van der Waals surface area contributed by atoms with Gasteiger partial charge >= 0.3 is 0 Å². The molecule has 0 saturated carbocycles. The van der Waals surface area contributed by atoms with Crippen LogP contribution in [0.15, 0.2) is 25.3 Å². The van der Waals surface area contributed by atoms with Gasteiger partial charge in [-0.3, -0.25) is 0 Å². The summed E-state index contributed by atoms with van der Waals surface area (Å²) in [5.41, 5.74) is 0. The topological polar surface area (TPSA) is 49.7 Å². The molecule has 0 amide bonds. The maximum Gasteiger partial charge on any atom is 0.0776 e. The highest BCUT2D eigenvalue weighted by Gasteiger charge is 2.06. The molecule has 3 nitrogen and oxygen atoms in total. The first-order valence-electron chi connectivity index (χ1n) is 5.36. The van der Waals surface area contributed by atoms with Crippen LogP contribution in [0.25, 0.3) is 0 Å². The Bertz CT molecular complexity index is 150. The van der Waals surface area contributed by atoms with E-state index in [1.807, 2.05) is 0 Å². The van der Waals surface area contributed by atoms with E-state index in [4.69, 9.17) is 4.74 Å². The maximum absolute atomic E-state index is 9.40. The van der Waals surface area contributed by atoms with E-state index in [0.29, 0.717) is 12.8 Å². The molecule has 2 N–H and O–H groups in total. The number of hydrogen-bond acceptors (Lipinski definition) is 3. The van der Waals surface area contributed by atoms with E-state index in [1.165, 1.54) is 0 Å². The molecule has 88 valence electrons. The number of aliphatic hydroxyl groups excluding tert-OH is 2. The molecule has 15 heavy (non-hydrogen) atoms. The van der Waals surface area contributed by atoms with E-state index < -0.39 is 12.2 Å². The van der Waals surface area contributed by atoms with Gasteiger partial charge < -0.3 is 14.9 Å². The normalized spacial score (nSPS) is 14.5. The summed E-state index contributed by atoms with van der Waals surface area (Å²) in [5.74, 6) is 0. The van der Waals surface area contributed by atoms with Crippen LogP contribution >= 0.6 is 0 Å². The first-order valence-corrected chi connectivity index (χ1v) is 5.36. The molecule has 0 aromatic carbocycles. The zero-order valence-corrected chi connectivity index (χ0v) is 9.27. The third kappa shape index (κ3) is 9.66. The first-order chi connectivity index (χ1) is 7.20. The zero-order valence-electron chi connectivity index (χ0n) is 9.27. The van der Waals surface area contributed by atoms with Crippen molar-refractivity contribution in [3.05, 3.63) is 25.3 Å². The molecule has 0 radical (unpaired) electrons. The smallest absolute Gasteiger partial charge is 0.0776 e. The third-order valence-electron chi connectivity index (χ3n) is 2.03. The van der Waals surface area contributed by atoms with Crippen molar-refractivity contribution in [2.45, 2.75) is 37.9 Å². The van der Waals surface area contributed by atoms with Crippen LogP contribution in [0.1, 0.15) is 25.7 Å². The number of allylic oxidation sites excluding steroid dienone is 2. The molecule has 0 spiro atoms. The van der Waals surface area contributed by atoms with E-state index in [1.54, 1.807) is 12.2 Å². The fraction of sp³-hybridized carbons (Fsp3) is 0.667. The molecule has 0 aliphatic rings. The van der Waals surface area contributed by atoms with Crippen molar-refractivity contribution in [3.63, 3.8) is 0 Å². The minimum atomic E-state index is -0.463. The molecular weight excluding hydrogens is 192 g/mol. The van der Waals surface area contributed by atoms with E-state index in [2.05, 4.69) is 13.2 Å². The van der Waals surface area contributed by atoms with Crippen LogP contribution in [0.2, 0.25) is 0 Å². The summed E-state index contributed by atoms with van der Waals surface area (Å²) in [7, 11) is 0. The molecule has 0 aromatic heterocycles. The second-order valence-electron chi connectivity index (χ2n) is 3.58. The van der Waals surface area contributed by atoms with Crippen molar-refractivity contribution in [1.82, 2.24) is 0 Å². The van der Waals surface area contributed by atoms with Crippen LogP contribution in [0.4, 0.5) is 0 Å². The maximum atomic E-state index is 9.40. The molecule has 0 aliphatic heterocycles. The highest BCUT2D eigenvalue weighted by molar-refractivity contribution is 4.70. The molecule has 2 unspecified atom stereocenters. The fourth-order valence-electron chi connectivity index (χ4n) is 1.13. The SMILES string of the molecule is C=CCCC(O)COCC(O)CCC=C. The standard InChI is InChI=1S/C12H22O3/c1-3-5-7-11(13)9-15-10-12(14)8-6-4-2/h3-4,11-14H,1-2,5-10H2. The number of aliphatic hydroxyl groups is 2. The second kappa shape index (κ2) is 9.90. The van der Waals surface area contributed by atoms with Crippen molar-refractivity contribution >= 4 is 0 Å². The van der Waals surface area contributed by atoms with Gasteiger partial charge in [0.25, 0.3) is 0 Å². The van der Waals surface area contributed by atoms with Crippen molar-refractivity contribution in [2.24, 2.45) is 0 Å². The lowest BCUT2D eigenvalue weighted by Gasteiger charge is -2.13. The summed E-state index contributed by atoms with van der Waals surface area (Å²) >= 11 is 0. The molecule has 0 saturated heterocycles. The van der Waals surface area contributed by atoms with Crippen LogP contribution in [0.5, 0.6) is 0 Å². The number of hydrogen-bond donors (Lipinski definition) is 2. The van der Waals surface area contributed by atoms with Gasteiger partial charge in [-0.1, -0.05) is 12.2 Å². The molecule has 0 heterocycles. The lowest BCUT2D eigenvalue weighted by molar-refractivity contribution is -0.0111. The summed E-state index contributed by atoms with van der Waals surface area (Å²) in [5, 5.41) is 18.8. The molecule has 0 bridgehead atoms. The predicted octanol–water partition coefficient (Wildman–Crippen LogP) is 1.66. The third-order valence-corrected chi connectivity index (χ3v) is 2.03. The lowest BCUT2D eigenvalue weighted by Crippen LogP contribution is -2.21. The summed E-state index contributed by atoms with van der Waals surface area (Å²) in [6.07, 6.45) is 5.49. The quantitative estimate of drug-likeness (QED) is 0.544. The molecule has 3 heteroatoms. The molecular formula is C12H22O3. The highest BCUT2D eigenvalue weighted by atomic mass is 16.5. The first kappa shape index (κ1) is 14.4. The Morgan fingerprint density at radius 2 is 1.33 bits per heavy atom. The number of rotatable bonds is 10. The average Bonchev–Trinajstić information content (AvgIpc) is 2.23.